The molecule has 1 unspecified atom stereocenters. The molecule has 11 heteroatoms. The maximum absolute atomic E-state index is 12.4. The Morgan fingerprint density at radius 1 is 1.34 bits per heavy atom. The Morgan fingerprint density at radius 3 is 2.69 bits per heavy atom. The number of nitrogens with zero attached hydrogens (tertiary/aromatic N) is 4. The largest absolute Gasteiger partial charge is 0.431 e. The number of benzene rings is 1. The van der Waals surface area contributed by atoms with Gasteiger partial charge in [0.05, 0.1) is 22.4 Å². The maximum atomic E-state index is 12.4. The van der Waals surface area contributed by atoms with E-state index in [0.717, 1.165) is 42.9 Å². The van der Waals surface area contributed by atoms with Gasteiger partial charge in [-0.3, -0.25) is 4.79 Å². The molecule has 1 aromatic carbocycles. The van der Waals surface area contributed by atoms with Crippen molar-refractivity contribution < 1.29 is 13.4 Å². The average Bonchev–Trinajstić information content (AvgIpc) is 3.14. The van der Waals surface area contributed by atoms with E-state index in [1.807, 2.05) is 41.5 Å². The molecule has 0 aliphatic carbocycles. The fourth-order valence-corrected chi connectivity index (χ4v) is 4.62. The molecule has 0 saturated carbocycles. The SMILES string of the molecule is CN(C)CCS(=O)N1CCN(c2ccc(Br)c(NC(=O)c3coc(N)n3)c2)CC1. The second-order valence-corrected chi connectivity index (χ2v) is 9.36. The number of piperazine rings is 1. The third-order valence-electron chi connectivity index (χ3n) is 4.56. The molecule has 9 nitrogen and oxygen atoms in total. The molecule has 2 aromatic rings. The zero-order valence-electron chi connectivity index (χ0n) is 16.4. The zero-order chi connectivity index (χ0) is 21.0. The highest BCUT2D eigenvalue weighted by Gasteiger charge is 2.22. The molecule has 29 heavy (non-hydrogen) atoms. The van der Waals surface area contributed by atoms with Crippen molar-refractivity contribution in [3.63, 3.8) is 0 Å². The highest BCUT2D eigenvalue weighted by Crippen LogP contribution is 2.29. The highest BCUT2D eigenvalue weighted by atomic mass is 79.9. The van der Waals surface area contributed by atoms with Crippen LogP contribution in [-0.4, -0.2) is 76.9 Å². The molecule has 3 N–H and O–H groups in total. The van der Waals surface area contributed by atoms with Gasteiger partial charge < -0.3 is 25.3 Å². The van der Waals surface area contributed by atoms with Gasteiger partial charge >= 0.3 is 0 Å². The van der Waals surface area contributed by atoms with E-state index in [2.05, 4.69) is 31.1 Å². The number of nitrogens with two attached hydrogens (primary N) is 1. The van der Waals surface area contributed by atoms with E-state index < -0.39 is 16.9 Å². The van der Waals surface area contributed by atoms with Gasteiger partial charge in [-0.05, 0) is 48.2 Å². The van der Waals surface area contributed by atoms with E-state index in [-0.39, 0.29) is 11.7 Å². The molecule has 1 fully saturated rings. The van der Waals surface area contributed by atoms with Gasteiger partial charge in [-0.2, -0.15) is 4.98 Å². The molecular formula is C18H25BrN6O3S. The van der Waals surface area contributed by atoms with E-state index >= 15 is 0 Å². The van der Waals surface area contributed by atoms with E-state index in [0.29, 0.717) is 11.4 Å². The first-order valence-electron chi connectivity index (χ1n) is 9.18. The van der Waals surface area contributed by atoms with Gasteiger partial charge in [0, 0.05) is 42.9 Å². The number of anilines is 3. The molecular weight excluding hydrogens is 460 g/mol. The van der Waals surface area contributed by atoms with Crippen LogP contribution in [0.15, 0.2) is 33.4 Å². The third kappa shape index (κ3) is 5.78. The Labute approximate surface area is 180 Å². The zero-order valence-corrected chi connectivity index (χ0v) is 18.8. The average molecular weight is 485 g/mol. The molecule has 0 spiro atoms. The first-order chi connectivity index (χ1) is 13.8. The lowest BCUT2D eigenvalue weighted by Gasteiger charge is -2.35. The second-order valence-electron chi connectivity index (χ2n) is 6.93. The number of nitrogens with one attached hydrogen (secondary N) is 1. The summed E-state index contributed by atoms with van der Waals surface area (Å²) in [6, 6.07) is 5.74. The predicted octanol–water partition coefficient (Wildman–Crippen LogP) is 1.62. The molecule has 0 bridgehead atoms. The Balaban J connectivity index is 1.61. The van der Waals surface area contributed by atoms with E-state index in [9.17, 15) is 9.00 Å². The summed E-state index contributed by atoms with van der Waals surface area (Å²) in [5.74, 6) is 0.248. The van der Waals surface area contributed by atoms with Gasteiger partial charge in [-0.1, -0.05) is 0 Å². The lowest BCUT2D eigenvalue weighted by atomic mass is 10.2. The van der Waals surface area contributed by atoms with Crippen LogP contribution >= 0.6 is 15.9 Å². The van der Waals surface area contributed by atoms with Crippen molar-refractivity contribution in [1.82, 2.24) is 14.2 Å². The maximum Gasteiger partial charge on any atom is 0.292 e. The first kappa shape index (κ1) is 21.8. The summed E-state index contributed by atoms with van der Waals surface area (Å²) < 4.78 is 20.1. The molecule has 1 aliphatic heterocycles. The predicted molar refractivity (Wildman–Crippen MR) is 118 cm³/mol. The molecule has 1 aliphatic rings. The molecule has 2 heterocycles. The van der Waals surface area contributed by atoms with Crippen molar-refractivity contribution in [2.45, 2.75) is 0 Å². The van der Waals surface area contributed by atoms with Crippen molar-refractivity contribution in [2.24, 2.45) is 0 Å². The second kappa shape index (κ2) is 9.70. The molecule has 3 rings (SSSR count). The normalized spacial score (nSPS) is 16.2. The highest BCUT2D eigenvalue weighted by molar-refractivity contribution is 9.10. The third-order valence-corrected chi connectivity index (χ3v) is 6.72. The fourth-order valence-electron chi connectivity index (χ4n) is 2.92. The monoisotopic (exact) mass is 484 g/mol. The van der Waals surface area contributed by atoms with Gasteiger partial charge in [0.15, 0.2) is 5.69 Å². The van der Waals surface area contributed by atoms with Crippen LogP contribution in [0.2, 0.25) is 0 Å². The number of hydrogen-bond acceptors (Lipinski definition) is 7. The van der Waals surface area contributed by atoms with Crippen molar-refractivity contribution in [3.05, 3.63) is 34.6 Å². The van der Waals surface area contributed by atoms with Crippen LogP contribution in [0.1, 0.15) is 10.5 Å². The lowest BCUT2D eigenvalue weighted by molar-refractivity contribution is 0.102. The summed E-state index contributed by atoms with van der Waals surface area (Å²) in [6.07, 6.45) is 1.22. The number of nitrogen functional groups attached to an aromatic ring is 1. The van der Waals surface area contributed by atoms with Crippen molar-refractivity contribution in [1.29, 1.82) is 0 Å². The van der Waals surface area contributed by atoms with Crippen LogP contribution in [-0.2, 0) is 11.0 Å². The number of rotatable bonds is 7. The van der Waals surface area contributed by atoms with Crippen LogP contribution in [0.25, 0.3) is 0 Å². The number of carbonyl (C=O) groups excluding carboxylic acids is 1. The smallest absolute Gasteiger partial charge is 0.292 e. The summed E-state index contributed by atoms with van der Waals surface area (Å²) in [6.45, 7) is 3.80. The quantitative estimate of drug-likeness (QED) is 0.614. The number of carbonyl (C=O) groups is 1. The first-order valence-corrected chi connectivity index (χ1v) is 11.3. The molecule has 0 radical (unpaired) electrons. The number of oxazole rings is 1. The van der Waals surface area contributed by atoms with Gasteiger partial charge in [0.1, 0.15) is 6.26 Å². The molecule has 1 saturated heterocycles. The number of aromatic nitrogens is 1. The molecule has 1 atom stereocenters. The van der Waals surface area contributed by atoms with Crippen molar-refractivity contribution in [2.75, 3.05) is 68.5 Å². The number of amides is 1. The van der Waals surface area contributed by atoms with Crippen molar-refractivity contribution >= 4 is 50.2 Å². The number of hydrogen-bond donors (Lipinski definition) is 2. The summed E-state index contributed by atoms with van der Waals surface area (Å²) in [5, 5.41) is 2.82. The van der Waals surface area contributed by atoms with Crippen LogP contribution in [0.4, 0.5) is 17.4 Å². The molecule has 158 valence electrons. The Kier molecular flexibility index (Phi) is 7.28. The molecule has 1 amide bonds. The standard InChI is InChI=1S/C18H25BrN6O3S/c1-23(2)9-10-29(27)25-7-5-24(6-8-25)13-3-4-14(19)15(11-13)21-17(26)16-12-28-18(20)22-16/h3-4,11-12H,5-10H2,1-2H3,(H2,20,22)(H,21,26). The van der Waals surface area contributed by atoms with E-state index in [1.54, 1.807) is 0 Å². The Bertz CT molecular complexity index is 882. The summed E-state index contributed by atoms with van der Waals surface area (Å²) in [4.78, 5) is 20.4. The minimum atomic E-state index is -0.959. The number of halogens is 1. The topological polar surface area (TPSA) is 108 Å². The fraction of sp³-hybridized carbons (Fsp3) is 0.444. The molecule has 1 aromatic heterocycles. The lowest BCUT2D eigenvalue weighted by Crippen LogP contribution is -2.48. The van der Waals surface area contributed by atoms with Gasteiger partial charge in [0.25, 0.3) is 11.9 Å². The summed E-state index contributed by atoms with van der Waals surface area (Å²) >= 11 is 3.46. The van der Waals surface area contributed by atoms with Gasteiger partial charge in [-0.25, -0.2) is 8.51 Å². The van der Waals surface area contributed by atoms with Crippen LogP contribution in [0.3, 0.4) is 0 Å². The Morgan fingerprint density at radius 2 is 2.07 bits per heavy atom. The Hall–Kier alpha value is -1.95. The van der Waals surface area contributed by atoms with Gasteiger partial charge in [-0.15, -0.1) is 0 Å². The van der Waals surface area contributed by atoms with Gasteiger partial charge in [0.2, 0.25) is 0 Å². The van der Waals surface area contributed by atoms with Crippen molar-refractivity contribution in [3.8, 4) is 0 Å². The van der Waals surface area contributed by atoms with E-state index in [4.69, 9.17) is 10.2 Å². The van der Waals surface area contributed by atoms with E-state index in [1.165, 1.54) is 6.26 Å². The van der Waals surface area contributed by atoms with Crippen LogP contribution in [0, 0.1) is 0 Å². The summed E-state index contributed by atoms with van der Waals surface area (Å²) in [5.41, 5.74) is 7.16. The summed E-state index contributed by atoms with van der Waals surface area (Å²) in [7, 11) is 3.01. The minimum absolute atomic E-state index is 0.0520. The van der Waals surface area contributed by atoms with Crippen LogP contribution < -0.4 is 16.0 Å². The van der Waals surface area contributed by atoms with Crippen LogP contribution in [0.5, 0.6) is 0 Å². The minimum Gasteiger partial charge on any atom is -0.431 e.